The van der Waals surface area contributed by atoms with Gasteiger partial charge in [-0.05, 0) is 56.7 Å². The van der Waals surface area contributed by atoms with E-state index in [2.05, 4.69) is 23.6 Å². The van der Waals surface area contributed by atoms with Gasteiger partial charge in [-0.2, -0.15) is 0 Å². The Morgan fingerprint density at radius 1 is 1.00 bits per heavy atom. The summed E-state index contributed by atoms with van der Waals surface area (Å²) < 4.78 is 0. The number of aryl methyl sites for hydroxylation is 1. The van der Waals surface area contributed by atoms with Crippen molar-refractivity contribution in [2.75, 3.05) is 18.4 Å². The van der Waals surface area contributed by atoms with Crippen LogP contribution in [0.1, 0.15) is 56.1 Å². The molecule has 2 aliphatic rings. The minimum absolute atomic E-state index is 0.0198. The van der Waals surface area contributed by atoms with E-state index in [1.54, 1.807) is 0 Å². The van der Waals surface area contributed by atoms with Crippen molar-refractivity contribution in [1.82, 2.24) is 10.2 Å². The van der Waals surface area contributed by atoms with Crippen molar-refractivity contribution in [3.8, 4) is 0 Å². The van der Waals surface area contributed by atoms with Crippen LogP contribution in [0, 0.1) is 19.8 Å². The van der Waals surface area contributed by atoms with E-state index in [0.29, 0.717) is 19.1 Å². The number of benzene rings is 1. The Morgan fingerprint density at radius 2 is 1.69 bits per heavy atom. The molecule has 1 saturated carbocycles. The van der Waals surface area contributed by atoms with Crippen LogP contribution in [0.5, 0.6) is 0 Å². The number of hydrogen-bond donors (Lipinski definition) is 2. The van der Waals surface area contributed by atoms with Gasteiger partial charge in [0.25, 0.3) is 0 Å². The van der Waals surface area contributed by atoms with Gasteiger partial charge < -0.3 is 15.5 Å². The Labute approximate surface area is 156 Å². The standard InChI is InChI=1S/C21H31N3O2/c1-15-7-6-10-19(16(15)2)23-20(25)17-11-13-24(14-12-17)21(26)22-18-8-4-3-5-9-18/h6-7,10,17-18H,3-5,8-9,11-14H2,1-2H3,(H,22,26)(H,23,25). The highest BCUT2D eigenvalue weighted by molar-refractivity contribution is 5.93. The number of rotatable bonds is 3. The van der Waals surface area contributed by atoms with Gasteiger partial charge in [0, 0.05) is 30.7 Å². The molecule has 1 aromatic rings. The molecule has 0 spiro atoms. The zero-order valence-corrected chi connectivity index (χ0v) is 16.0. The molecule has 1 saturated heterocycles. The van der Waals surface area contributed by atoms with Crippen molar-refractivity contribution in [3.05, 3.63) is 29.3 Å². The summed E-state index contributed by atoms with van der Waals surface area (Å²) >= 11 is 0. The molecule has 3 amide bonds. The lowest BCUT2D eigenvalue weighted by molar-refractivity contribution is -0.121. The number of nitrogens with zero attached hydrogens (tertiary/aromatic N) is 1. The molecule has 1 aliphatic carbocycles. The van der Waals surface area contributed by atoms with Crippen molar-refractivity contribution < 1.29 is 9.59 Å². The molecule has 1 heterocycles. The van der Waals surface area contributed by atoms with E-state index in [4.69, 9.17) is 0 Å². The van der Waals surface area contributed by atoms with Crippen molar-refractivity contribution in [3.63, 3.8) is 0 Å². The summed E-state index contributed by atoms with van der Waals surface area (Å²) in [7, 11) is 0. The van der Waals surface area contributed by atoms with Crippen molar-refractivity contribution in [2.24, 2.45) is 5.92 Å². The smallest absolute Gasteiger partial charge is 0.317 e. The second kappa shape index (κ2) is 8.56. The number of carbonyl (C=O) groups is 2. The highest BCUT2D eigenvalue weighted by Crippen LogP contribution is 2.23. The van der Waals surface area contributed by atoms with Crippen molar-refractivity contribution in [1.29, 1.82) is 0 Å². The maximum absolute atomic E-state index is 12.6. The van der Waals surface area contributed by atoms with Gasteiger partial charge in [-0.1, -0.05) is 31.4 Å². The highest BCUT2D eigenvalue weighted by Gasteiger charge is 2.28. The lowest BCUT2D eigenvalue weighted by Gasteiger charge is -2.33. The van der Waals surface area contributed by atoms with Crippen molar-refractivity contribution in [2.45, 2.75) is 64.8 Å². The normalized spacial score (nSPS) is 19.2. The first-order valence-electron chi connectivity index (χ1n) is 9.97. The van der Waals surface area contributed by atoms with Crippen LogP contribution < -0.4 is 10.6 Å². The zero-order valence-electron chi connectivity index (χ0n) is 16.0. The minimum Gasteiger partial charge on any atom is -0.335 e. The Hall–Kier alpha value is -2.04. The molecule has 2 fully saturated rings. The van der Waals surface area contributed by atoms with Crippen LogP contribution in [-0.4, -0.2) is 36.0 Å². The van der Waals surface area contributed by atoms with Gasteiger partial charge >= 0.3 is 6.03 Å². The van der Waals surface area contributed by atoms with Crippen LogP contribution in [0.25, 0.3) is 0 Å². The summed E-state index contributed by atoms with van der Waals surface area (Å²) in [5.74, 6) is 0.0553. The first-order chi connectivity index (χ1) is 12.5. The summed E-state index contributed by atoms with van der Waals surface area (Å²) in [6.07, 6.45) is 7.37. The largest absolute Gasteiger partial charge is 0.335 e. The lowest BCUT2D eigenvalue weighted by atomic mass is 9.94. The molecule has 0 radical (unpaired) electrons. The van der Waals surface area contributed by atoms with Gasteiger partial charge in [0.15, 0.2) is 0 Å². The summed E-state index contributed by atoms with van der Waals surface area (Å²) in [6.45, 7) is 5.39. The maximum atomic E-state index is 12.6. The van der Waals surface area contributed by atoms with Crippen LogP contribution in [0.3, 0.4) is 0 Å². The molecule has 5 heteroatoms. The second-order valence-corrected chi connectivity index (χ2v) is 7.78. The highest BCUT2D eigenvalue weighted by atomic mass is 16.2. The Kier molecular flexibility index (Phi) is 6.17. The first-order valence-corrected chi connectivity index (χ1v) is 9.97. The third-order valence-electron chi connectivity index (χ3n) is 5.95. The summed E-state index contributed by atoms with van der Waals surface area (Å²) in [5.41, 5.74) is 3.19. The van der Waals surface area contributed by atoms with E-state index in [1.165, 1.54) is 24.8 Å². The number of hydrogen-bond acceptors (Lipinski definition) is 2. The fourth-order valence-corrected chi connectivity index (χ4v) is 3.98. The molecule has 5 nitrogen and oxygen atoms in total. The van der Waals surface area contributed by atoms with Gasteiger partial charge in [-0.3, -0.25) is 4.79 Å². The summed E-state index contributed by atoms with van der Waals surface area (Å²) in [4.78, 5) is 26.9. The predicted molar refractivity (Wildman–Crippen MR) is 104 cm³/mol. The van der Waals surface area contributed by atoms with Gasteiger partial charge in [-0.25, -0.2) is 4.79 Å². The number of piperidine rings is 1. The lowest BCUT2D eigenvalue weighted by Crippen LogP contribution is -2.49. The van der Waals surface area contributed by atoms with Gasteiger partial charge in [0.2, 0.25) is 5.91 Å². The average molecular weight is 357 g/mol. The molecular formula is C21H31N3O2. The summed E-state index contributed by atoms with van der Waals surface area (Å²) in [6, 6.07) is 6.35. The quantitative estimate of drug-likeness (QED) is 0.859. The third-order valence-corrected chi connectivity index (χ3v) is 5.95. The van der Waals surface area contributed by atoms with Crippen molar-refractivity contribution >= 4 is 17.6 Å². The number of carbonyl (C=O) groups excluding carboxylic acids is 2. The van der Waals surface area contributed by atoms with E-state index >= 15 is 0 Å². The first kappa shape index (κ1) is 18.7. The Balaban J connectivity index is 1.47. The fraction of sp³-hybridized carbons (Fsp3) is 0.619. The molecule has 1 aromatic carbocycles. The van der Waals surface area contributed by atoms with E-state index in [-0.39, 0.29) is 17.9 Å². The average Bonchev–Trinajstić information content (AvgIpc) is 2.66. The molecule has 0 bridgehead atoms. The molecule has 0 aromatic heterocycles. The predicted octanol–water partition coefficient (Wildman–Crippen LogP) is 4.00. The summed E-state index contributed by atoms with van der Waals surface area (Å²) in [5, 5.41) is 6.25. The van der Waals surface area contributed by atoms with Crippen LogP contribution in [0.15, 0.2) is 18.2 Å². The molecule has 0 unspecified atom stereocenters. The molecule has 0 atom stereocenters. The van der Waals surface area contributed by atoms with E-state index in [9.17, 15) is 9.59 Å². The number of amides is 3. The van der Waals surface area contributed by atoms with Gasteiger partial charge in [0.05, 0.1) is 0 Å². The topological polar surface area (TPSA) is 61.4 Å². The number of likely N-dealkylation sites (tertiary alicyclic amines) is 1. The van der Waals surface area contributed by atoms with E-state index in [1.807, 2.05) is 24.0 Å². The third kappa shape index (κ3) is 4.57. The molecule has 2 N–H and O–H groups in total. The van der Waals surface area contributed by atoms with Gasteiger partial charge in [-0.15, -0.1) is 0 Å². The van der Waals surface area contributed by atoms with E-state index in [0.717, 1.165) is 36.9 Å². The van der Waals surface area contributed by atoms with Crippen LogP contribution >= 0.6 is 0 Å². The van der Waals surface area contributed by atoms with Gasteiger partial charge in [0.1, 0.15) is 0 Å². The SMILES string of the molecule is Cc1cccc(NC(=O)C2CCN(C(=O)NC3CCCCC3)CC2)c1C. The molecule has 1 aliphatic heterocycles. The molecule has 142 valence electrons. The second-order valence-electron chi connectivity index (χ2n) is 7.78. The van der Waals surface area contributed by atoms with E-state index < -0.39 is 0 Å². The molecule has 3 rings (SSSR count). The minimum atomic E-state index is -0.0198. The van der Waals surface area contributed by atoms with Crippen LogP contribution in [-0.2, 0) is 4.79 Å². The Morgan fingerprint density at radius 3 is 2.38 bits per heavy atom. The molecule has 26 heavy (non-hydrogen) atoms. The number of anilines is 1. The fourth-order valence-electron chi connectivity index (χ4n) is 3.98. The number of nitrogens with one attached hydrogen (secondary N) is 2. The van der Waals surface area contributed by atoms with Crippen LogP contribution in [0.4, 0.5) is 10.5 Å². The monoisotopic (exact) mass is 357 g/mol. The zero-order chi connectivity index (χ0) is 18.5. The maximum Gasteiger partial charge on any atom is 0.317 e. The number of urea groups is 1. The molecular weight excluding hydrogens is 326 g/mol. The van der Waals surface area contributed by atoms with Crippen LogP contribution in [0.2, 0.25) is 0 Å². The Bertz CT molecular complexity index is 645.